The maximum absolute atomic E-state index is 12.9. The minimum Gasteiger partial charge on any atom is -0.468 e. The molecule has 0 spiro atoms. The lowest BCUT2D eigenvalue weighted by molar-refractivity contribution is -0.137. The van der Waals surface area contributed by atoms with Gasteiger partial charge in [-0.3, -0.25) is 4.79 Å². The van der Waals surface area contributed by atoms with Crippen LogP contribution < -0.4 is 5.73 Å². The molecule has 0 aromatic heterocycles. The van der Waals surface area contributed by atoms with Crippen molar-refractivity contribution in [2.24, 2.45) is 16.6 Å². The highest BCUT2D eigenvalue weighted by Gasteiger charge is 2.52. The summed E-state index contributed by atoms with van der Waals surface area (Å²) in [5, 5.41) is 0.569. The average molecular weight is 321 g/mol. The van der Waals surface area contributed by atoms with E-state index in [9.17, 15) is 4.79 Å². The molecule has 1 aliphatic carbocycles. The zero-order chi connectivity index (χ0) is 15.9. The van der Waals surface area contributed by atoms with E-state index in [0.717, 1.165) is 18.4 Å². The van der Waals surface area contributed by atoms with Crippen LogP contribution in [0.3, 0.4) is 0 Å². The van der Waals surface area contributed by atoms with Crippen molar-refractivity contribution in [3.8, 4) is 0 Å². The van der Waals surface area contributed by atoms with Crippen LogP contribution in [0, 0.1) is 5.92 Å². The summed E-state index contributed by atoms with van der Waals surface area (Å²) < 4.78 is 5.81. The fraction of sp³-hybridized carbons (Fsp3) is 0.529. The lowest BCUT2D eigenvalue weighted by Gasteiger charge is -2.42. The number of nitrogens with two attached hydrogens (primary N) is 1. The topological polar surface area (TPSA) is 64.7 Å². The van der Waals surface area contributed by atoms with E-state index in [-0.39, 0.29) is 17.7 Å². The summed E-state index contributed by atoms with van der Waals surface area (Å²) in [4.78, 5) is 17.6. The van der Waals surface area contributed by atoms with Gasteiger partial charge < -0.3 is 10.5 Å². The molecule has 1 aromatic carbocycles. The number of rotatable bonds is 3. The predicted molar refractivity (Wildman–Crippen MR) is 87.1 cm³/mol. The van der Waals surface area contributed by atoms with E-state index in [1.165, 1.54) is 0 Å². The van der Waals surface area contributed by atoms with Crippen LogP contribution in [0.4, 0.5) is 0 Å². The zero-order valence-electron chi connectivity index (χ0n) is 12.9. The maximum Gasteiger partial charge on any atom is 0.205 e. The molecule has 2 N–H and O–H groups in total. The van der Waals surface area contributed by atoms with Crippen molar-refractivity contribution in [3.05, 3.63) is 34.9 Å². The van der Waals surface area contributed by atoms with Gasteiger partial charge in [0.2, 0.25) is 11.7 Å². The van der Waals surface area contributed by atoms with E-state index in [2.05, 4.69) is 0 Å². The van der Waals surface area contributed by atoms with Gasteiger partial charge in [-0.05, 0) is 31.2 Å². The molecule has 3 atom stereocenters. The van der Waals surface area contributed by atoms with Gasteiger partial charge in [0.1, 0.15) is 0 Å². The van der Waals surface area contributed by atoms with Crippen molar-refractivity contribution in [2.75, 3.05) is 0 Å². The Morgan fingerprint density at radius 1 is 1.41 bits per heavy atom. The van der Waals surface area contributed by atoms with Crippen molar-refractivity contribution >= 4 is 23.3 Å². The summed E-state index contributed by atoms with van der Waals surface area (Å²) in [6.07, 6.45) is 1.80. The maximum atomic E-state index is 12.9. The number of nitrogens with zero attached hydrogens (tertiary/aromatic N) is 1. The molecule has 0 saturated heterocycles. The molecule has 22 heavy (non-hydrogen) atoms. The van der Waals surface area contributed by atoms with E-state index >= 15 is 0 Å². The minimum absolute atomic E-state index is 0.00607. The van der Waals surface area contributed by atoms with Crippen LogP contribution in [0.5, 0.6) is 0 Å². The number of benzene rings is 1. The summed E-state index contributed by atoms with van der Waals surface area (Å²) >= 11 is 6.36. The van der Waals surface area contributed by atoms with E-state index in [1.807, 2.05) is 32.0 Å². The molecule has 0 amide bonds. The minimum atomic E-state index is -0.929. The zero-order valence-corrected chi connectivity index (χ0v) is 13.6. The highest BCUT2D eigenvalue weighted by atomic mass is 35.5. The van der Waals surface area contributed by atoms with E-state index in [0.29, 0.717) is 17.3 Å². The number of ether oxygens (including phenoxy) is 1. The Kier molecular flexibility index (Phi) is 4.00. The SMILES string of the molecule is CC(C)C(N)C1=N[C@@]2(c3ccccc3Cl)CCC[C@@H](O1)C2=O. The smallest absolute Gasteiger partial charge is 0.205 e. The van der Waals surface area contributed by atoms with Crippen molar-refractivity contribution in [1.82, 2.24) is 0 Å². The van der Waals surface area contributed by atoms with Gasteiger partial charge in [0.05, 0.1) is 6.04 Å². The van der Waals surface area contributed by atoms with Crippen LogP contribution in [0.25, 0.3) is 0 Å². The molecular formula is C17H21ClN2O2. The number of fused-ring (bicyclic) bond motifs is 2. The van der Waals surface area contributed by atoms with Crippen LogP contribution in [-0.2, 0) is 15.1 Å². The monoisotopic (exact) mass is 320 g/mol. The van der Waals surface area contributed by atoms with Crippen LogP contribution >= 0.6 is 11.6 Å². The molecule has 1 aliphatic heterocycles. The molecule has 4 nitrogen and oxygen atoms in total. The fourth-order valence-electron chi connectivity index (χ4n) is 3.21. The molecule has 1 fully saturated rings. The molecule has 1 unspecified atom stereocenters. The number of carbonyl (C=O) groups is 1. The molecule has 3 rings (SSSR count). The second kappa shape index (κ2) is 5.67. The van der Waals surface area contributed by atoms with Gasteiger partial charge in [-0.25, -0.2) is 4.99 Å². The molecular weight excluding hydrogens is 300 g/mol. The first-order chi connectivity index (χ1) is 10.5. The number of Topliss-reactive ketones (excluding diaryl/α,β-unsaturated/α-hetero) is 1. The standard InChI is InChI=1S/C17H21ClN2O2/c1-10(2)14(19)16-20-17(11-6-3-4-7-12(11)18)9-5-8-13(22-16)15(17)21/h3-4,6-7,10,13-14H,5,8-9,19H2,1-2H3/t13-,14?,17-/m1/s1. The number of carbonyl (C=O) groups excluding carboxylic acids is 1. The van der Waals surface area contributed by atoms with E-state index in [1.54, 1.807) is 6.07 Å². The van der Waals surface area contributed by atoms with Gasteiger partial charge in [0.15, 0.2) is 11.6 Å². The van der Waals surface area contributed by atoms with Crippen LogP contribution in [0.2, 0.25) is 5.02 Å². The summed E-state index contributed by atoms with van der Waals surface area (Å²) in [6.45, 7) is 4.04. The number of hydrogen-bond acceptors (Lipinski definition) is 4. The molecule has 0 radical (unpaired) electrons. The average Bonchev–Trinajstić information content (AvgIpc) is 2.47. The third kappa shape index (κ3) is 2.34. The molecule has 1 aromatic rings. The normalized spacial score (nSPS) is 29.0. The first-order valence-electron chi connectivity index (χ1n) is 7.77. The van der Waals surface area contributed by atoms with Gasteiger partial charge in [0, 0.05) is 10.6 Å². The molecule has 5 heteroatoms. The Morgan fingerprint density at radius 2 is 2.14 bits per heavy atom. The lowest BCUT2D eigenvalue weighted by Crippen LogP contribution is -2.54. The first kappa shape index (κ1) is 15.5. The molecule has 1 saturated carbocycles. The number of aliphatic imine (C=N–C) groups is 1. The number of ketones is 1. The van der Waals surface area contributed by atoms with E-state index < -0.39 is 11.6 Å². The summed E-state index contributed by atoms with van der Waals surface area (Å²) in [6, 6.07) is 7.12. The van der Waals surface area contributed by atoms with Crippen molar-refractivity contribution < 1.29 is 9.53 Å². The number of halogens is 1. The van der Waals surface area contributed by atoms with Crippen molar-refractivity contribution in [2.45, 2.75) is 50.8 Å². The predicted octanol–water partition coefficient (Wildman–Crippen LogP) is 3.07. The van der Waals surface area contributed by atoms with Crippen molar-refractivity contribution in [3.63, 3.8) is 0 Å². The van der Waals surface area contributed by atoms with Crippen LogP contribution in [0.15, 0.2) is 29.3 Å². The molecule has 2 bridgehead atoms. The van der Waals surface area contributed by atoms with Crippen molar-refractivity contribution in [1.29, 1.82) is 0 Å². The third-order valence-electron chi connectivity index (χ3n) is 4.59. The third-order valence-corrected chi connectivity index (χ3v) is 4.92. The largest absolute Gasteiger partial charge is 0.468 e. The lowest BCUT2D eigenvalue weighted by atomic mass is 9.73. The Hall–Kier alpha value is -1.39. The highest BCUT2D eigenvalue weighted by molar-refractivity contribution is 6.32. The summed E-state index contributed by atoms with van der Waals surface area (Å²) in [5.74, 6) is 0.682. The summed E-state index contributed by atoms with van der Waals surface area (Å²) in [7, 11) is 0. The van der Waals surface area contributed by atoms with Gasteiger partial charge >= 0.3 is 0 Å². The molecule has 2 aliphatic rings. The van der Waals surface area contributed by atoms with Gasteiger partial charge in [0.25, 0.3) is 0 Å². The Labute approximate surface area is 135 Å². The molecule has 1 heterocycles. The fourth-order valence-corrected chi connectivity index (χ4v) is 3.50. The summed E-state index contributed by atoms with van der Waals surface area (Å²) in [5.41, 5.74) is 6.05. The van der Waals surface area contributed by atoms with Crippen LogP contribution in [0.1, 0.15) is 38.7 Å². The highest BCUT2D eigenvalue weighted by Crippen LogP contribution is 2.44. The number of hydrogen-bond donors (Lipinski definition) is 1. The van der Waals surface area contributed by atoms with Gasteiger partial charge in [-0.2, -0.15) is 0 Å². The van der Waals surface area contributed by atoms with E-state index in [4.69, 9.17) is 27.1 Å². The van der Waals surface area contributed by atoms with Gasteiger partial charge in [-0.1, -0.05) is 43.6 Å². The first-order valence-corrected chi connectivity index (χ1v) is 8.15. The second-order valence-corrected chi connectivity index (χ2v) is 6.83. The quantitative estimate of drug-likeness (QED) is 0.930. The Balaban J connectivity index is 2.15. The Morgan fingerprint density at radius 3 is 2.82 bits per heavy atom. The molecule has 118 valence electrons. The van der Waals surface area contributed by atoms with Gasteiger partial charge in [-0.15, -0.1) is 0 Å². The Bertz CT molecular complexity index is 629. The second-order valence-electron chi connectivity index (χ2n) is 6.42. The van der Waals surface area contributed by atoms with Crippen LogP contribution in [-0.4, -0.2) is 23.8 Å².